The zero-order chi connectivity index (χ0) is 13.5. The van der Waals surface area contributed by atoms with E-state index in [2.05, 4.69) is 12.6 Å². The number of carboxylic acid groups (broad SMARTS) is 1. The third-order valence-electron chi connectivity index (χ3n) is 2.43. The van der Waals surface area contributed by atoms with Crippen molar-refractivity contribution in [1.82, 2.24) is 0 Å². The van der Waals surface area contributed by atoms with Gasteiger partial charge in [-0.15, -0.1) is 0 Å². The van der Waals surface area contributed by atoms with Gasteiger partial charge in [0.25, 0.3) is 0 Å². The summed E-state index contributed by atoms with van der Waals surface area (Å²) in [6, 6.07) is 8.92. The number of rotatable bonds is 5. The third kappa shape index (κ3) is 4.23. The van der Waals surface area contributed by atoms with Gasteiger partial charge in [0, 0.05) is 22.6 Å². The molecule has 0 radical (unpaired) electrons. The highest BCUT2D eigenvalue weighted by Gasteiger charge is 2.11. The van der Waals surface area contributed by atoms with Gasteiger partial charge in [0.05, 0.1) is 0 Å². The van der Waals surface area contributed by atoms with E-state index < -0.39 is 5.97 Å². The second-order valence-electron chi connectivity index (χ2n) is 3.63. The lowest BCUT2D eigenvalue weighted by atomic mass is 10.2. The second kappa shape index (κ2) is 7.28. The summed E-state index contributed by atoms with van der Waals surface area (Å²) in [6.07, 6.45) is 0. The lowest BCUT2D eigenvalue weighted by molar-refractivity contribution is -0.132. The van der Waals surface area contributed by atoms with Crippen LogP contribution in [0.2, 0.25) is 0 Å². The van der Waals surface area contributed by atoms with Gasteiger partial charge in [0.2, 0.25) is 5.12 Å². The van der Waals surface area contributed by atoms with Crippen LogP contribution < -0.4 is 0 Å². The van der Waals surface area contributed by atoms with Crippen LogP contribution in [-0.2, 0) is 4.79 Å². The Morgan fingerprint density at radius 1 is 1.28 bits per heavy atom. The van der Waals surface area contributed by atoms with E-state index in [0.29, 0.717) is 22.6 Å². The van der Waals surface area contributed by atoms with Gasteiger partial charge in [-0.2, -0.15) is 12.6 Å². The van der Waals surface area contributed by atoms with Crippen LogP contribution in [0.25, 0.3) is 0 Å². The molecule has 0 heterocycles. The largest absolute Gasteiger partial charge is 0.478 e. The van der Waals surface area contributed by atoms with Gasteiger partial charge < -0.3 is 5.11 Å². The molecule has 0 atom stereocenters. The number of carbonyl (C=O) groups is 2. The Balaban J connectivity index is 2.68. The lowest BCUT2D eigenvalue weighted by Gasteiger charge is -2.06. The summed E-state index contributed by atoms with van der Waals surface area (Å²) in [7, 11) is 0. The molecule has 0 unspecified atom stereocenters. The molecular formula is C13H14O3S2. The average molecular weight is 282 g/mol. The van der Waals surface area contributed by atoms with Crippen LogP contribution in [-0.4, -0.2) is 27.7 Å². The molecular weight excluding hydrogens is 268 g/mol. The fourth-order valence-corrected chi connectivity index (χ4v) is 2.66. The fourth-order valence-electron chi connectivity index (χ4n) is 1.23. The number of carboxylic acids is 1. The summed E-state index contributed by atoms with van der Waals surface area (Å²) in [4.78, 5) is 22.7. The van der Waals surface area contributed by atoms with Crippen LogP contribution in [0.1, 0.15) is 17.3 Å². The number of hydrogen-bond acceptors (Lipinski definition) is 4. The first kappa shape index (κ1) is 14.9. The molecule has 3 nitrogen and oxygen atoms in total. The minimum atomic E-state index is -0.966. The number of benzene rings is 1. The van der Waals surface area contributed by atoms with Crippen LogP contribution in [0.4, 0.5) is 0 Å². The molecule has 1 rings (SSSR count). The van der Waals surface area contributed by atoms with E-state index in [1.54, 1.807) is 24.3 Å². The van der Waals surface area contributed by atoms with E-state index in [1.165, 1.54) is 6.92 Å². The van der Waals surface area contributed by atoms with E-state index in [1.807, 2.05) is 6.07 Å². The second-order valence-corrected chi connectivity index (χ2v) is 4.90. The van der Waals surface area contributed by atoms with Crippen LogP contribution in [0.15, 0.2) is 41.5 Å². The van der Waals surface area contributed by atoms with Crippen LogP contribution in [0.5, 0.6) is 0 Å². The molecule has 0 saturated heterocycles. The first-order valence-electron chi connectivity index (χ1n) is 5.31. The normalized spacial score (nSPS) is 11.9. The highest BCUT2D eigenvalue weighted by molar-refractivity contribution is 8.14. The topological polar surface area (TPSA) is 54.4 Å². The smallest absolute Gasteiger partial charge is 0.331 e. The Labute approximate surface area is 116 Å². The monoisotopic (exact) mass is 282 g/mol. The van der Waals surface area contributed by atoms with Gasteiger partial charge in [-0.1, -0.05) is 42.1 Å². The van der Waals surface area contributed by atoms with Gasteiger partial charge in [-0.3, -0.25) is 4.79 Å². The minimum Gasteiger partial charge on any atom is -0.478 e. The van der Waals surface area contributed by atoms with E-state index in [9.17, 15) is 9.59 Å². The van der Waals surface area contributed by atoms with Crippen molar-refractivity contribution in [3.8, 4) is 0 Å². The van der Waals surface area contributed by atoms with E-state index >= 15 is 0 Å². The maximum Gasteiger partial charge on any atom is 0.331 e. The lowest BCUT2D eigenvalue weighted by Crippen LogP contribution is -2.06. The third-order valence-corrected chi connectivity index (χ3v) is 3.80. The molecule has 0 amide bonds. The van der Waals surface area contributed by atoms with Gasteiger partial charge in [-0.25, -0.2) is 4.79 Å². The molecule has 0 spiro atoms. The van der Waals surface area contributed by atoms with Crippen molar-refractivity contribution in [3.63, 3.8) is 0 Å². The number of thiol groups is 1. The number of aliphatic carboxylic acids is 1. The maximum absolute atomic E-state index is 11.8. The quantitative estimate of drug-likeness (QED) is 0.644. The molecule has 0 aromatic heterocycles. The molecule has 1 aromatic rings. The molecule has 0 aliphatic heterocycles. The van der Waals surface area contributed by atoms with Gasteiger partial charge in [-0.05, 0) is 12.5 Å². The molecule has 0 saturated carbocycles. The predicted octanol–water partition coefficient (Wildman–Crippen LogP) is 2.89. The fraction of sp³-hybridized carbons (Fsp3) is 0.231. The summed E-state index contributed by atoms with van der Waals surface area (Å²) in [5.74, 6) is -0.269. The van der Waals surface area contributed by atoms with Crippen LogP contribution in [0, 0.1) is 0 Å². The molecule has 5 heteroatoms. The predicted molar refractivity (Wildman–Crippen MR) is 77.4 cm³/mol. The summed E-state index contributed by atoms with van der Waals surface area (Å²) >= 11 is 5.19. The van der Waals surface area contributed by atoms with Crippen molar-refractivity contribution in [2.45, 2.75) is 6.92 Å². The van der Waals surface area contributed by atoms with Crippen molar-refractivity contribution >= 4 is 35.5 Å². The van der Waals surface area contributed by atoms with Crippen molar-refractivity contribution < 1.29 is 14.7 Å². The summed E-state index contributed by atoms with van der Waals surface area (Å²) < 4.78 is 0. The molecule has 0 aliphatic rings. The van der Waals surface area contributed by atoms with Crippen molar-refractivity contribution in [3.05, 3.63) is 47.0 Å². The minimum absolute atomic E-state index is 0.0620. The van der Waals surface area contributed by atoms with Gasteiger partial charge >= 0.3 is 5.97 Å². The Bertz CT molecular complexity index is 466. The molecule has 0 fully saturated rings. The van der Waals surface area contributed by atoms with Crippen molar-refractivity contribution in [2.75, 3.05) is 11.5 Å². The Kier molecular flexibility index (Phi) is 6.01. The molecule has 0 aliphatic carbocycles. The highest BCUT2D eigenvalue weighted by Crippen LogP contribution is 2.18. The van der Waals surface area contributed by atoms with Crippen LogP contribution >= 0.6 is 24.4 Å². The molecule has 1 aromatic carbocycles. The SMILES string of the molecule is CC(C(=O)O)=C(CS)CSC(=O)c1ccccc1. The Morgan fingerprint density at radius 2 is 1.89 bits per heavy atom. The maximum atomic E-state index is 11.8. The van der Waals surface area contributed by atoms with Crippen LogP contribution in [0.3, 0.4) is 0 Å². The highest BCUT2D eigenvalue weighted by atomic mass is 32.2. The molecule has 18 heavy (non-hydrogen) atoms. The Morgan fingerprint density at radius 3 is 2.39 bits per heavy atom. The standard InChI is InChI=1S/C13H14O3S2/c1-9(12(14)15)11(7-17)8-18-13(16)10-5-3-2-4-6-10/h2-6,17H,7-8H2,1H3,(H,14,15). The first-order chi connectivity index (χ1) is 8.56. The number of hydrogen-bond donors (Lipinski definition) is 2. The summed E-state index contributed by atoms with van der Waals surface area (Å²) in [6.45, 7) is 1.53. The van der Waals surface area contributed by atoms with Gasteiger partial charge in [0.1, 0.15) is 0 Å². The first-order valence-corrected chi connectivity index (χ1v) is 6.93. The number of thioether (sulfide) groups is 1. The van der Waals surface area contributed by atoms with E-state index in [-0.39, 0.29) is 10.7 Å². The van der Waals surface area contributed by atoms with E-state index in [4.69, 9.17) is 5.11 Å². The number of carbonyl (C=O) groups excluding carboxylic acids is 1. The summed E-state index contributed by atoms with van der Waals surface area (Å²) in [5.41, 5.74) is 1.55. The zero-order valence-electron chi connectivity index (χ0n) is 9.92. The molecule has 0 bridgehead atoms. The van der Waals surface area contributed by atoms with Crippen molar-refractivity contribution in [2.24, 2.45) is 0 Å². The average Bonchev–Trinajstić information content (AvgIpc) is 2.39. The van der Waals surface area contributed by atoms with E-state index in [0.717, 1.165) is 11.8 Å². The molecule has 1 N–H and O–H groups in total. The zero-order valence-corrected chi connectivity index (χ0v) is 11.6. The van der Waals surface area contributed by atoms with Gasteiger partial charge in [0.15, 0.2) is 0 Å². The van der Waals surface area contributed by atoms with Crippen molar-refractivity contribution in [1.29, 1.82) is 0 Å². The Hall–Kier alpha value is -1.20. The summed E-state index contributed by atoms with van der Waals surface area (Å²) in [5, 5.41) is 8.82. The molecule has 96 valence electrons.